The van der Waals surface area contributed by atoms with E-state index in [1.807, 2.05) is 36.5 Å². The number of carbonyl (C=O) groups excluding carboxylic acids is 1. The summed E-state index contributed by atoms with van der Waals surface area (Å²) >= 11 is 0. The lowest BCUT2D eigenvalue weighted by molar-refractivity contribution is -0.125. The minimum absolute atomic E-state index is 0.00566. The molecule has 0 radical (unpaired) electrons. The Bertz CT molecular complexity index is 1240. The van der Waals surface area contributed by atoms with Crippen LogP contribution in [0.5, 0.6) is 0 Å². The number of hydrogen-bond donors (Lipinski definition) is 1. The molecule has 0 aliphatic carbocycles. The van der Waals surface area contributed by atoms with Crippen LogP contribution < -0.4 is 10.2 Å². The van der Waals surface area contributed by atoms with Crippen molar-refractivity contribution in [1.82, 2.24) is 25.1 Å². The van der Waals surface area contributed by atoms with Gasteiger partial charge >= 0.3 is 0 Å². The van der Waals surface area contributed by atoms with Crippen molar-refractivity contribution in [2.24, 2.45) is 5.92 Å². The van der Waals surface area contributed by atoms with Gasteiger partial charge in [0.05, 0.1) is 23.5 Å². The number of nitrogens with zero attached hydrogens (tertiary/aromatic N) is 5. The van der Waals surface area contributed by atoms with Gasteiger partial charge in [0, 0.05) is 49.4 Å². The molecule has 0 spiro atoms. The predicted octanol–water partition coefficient (Wildman–Crippen LogP) is 4.00. The quantitative estimate of drug-likeness (QED) is 0.475. The van der Waals surface area contributed by atoms with E-state index in [1.54, 1.807) is 35.4 Å². The highest BCUT2D eigenvalue weighted by Gasteiger charge is 2.27. The predicted molar refractivity (Wildman–Crippen MR) is 128 cm³/mol. The molecule has 1 fully saturated rings. The largest absolute Gasteiger partial charge is 0.355 e. The van der Waals surface area contributed by atoms with E-state index in [0.717, 1.165) is 42.0 Å². The fourth-order valence-corrected chi connectivity index (χ4v) is 4.28. The third kappa shape index (κ3) is 4.80. The number of amides is 1. The van der Waals surface area contributed by atoms with Crippen LogP contribution in [0.25, 0.3) is 16.9 Å². The number of piperidine rings is 1. The molecule has 1 amide bonds. The fraction of sp³-hybridized carbons (Fsp3) is 0.231. The van der Waals surface area contributed by atoms with Crippen LogP contribution in [0.15, 0.2) is 79.4 Å². The summed E-state index contributed by atoms with van der Waals surface area (Å²) < 4.78 is 15.3. The molecule has 1 atom stereocenters. The van der Waals surface area contributed by atoms with Crippen molar-refractivity contribution < 1.29 is 9.18 Å². The van der Waals surface area contributed by atoms with Crippen molar-refractivity contribution in [3.8, 4) is 16.9 Å². The summed E-state index contributed by atoms with van der Waals surface area (Å²) in [5.74, 6) is 0.370. The third-order valence-corrected chi connectivity index (χ3v) is 6.05. The average Bonchev–Trinajstić information content (AvgIpc) is 3.33. The number of anilines is 1. The molecule has 1 aliphatic rings. The van der Waals surface area contributed by atoms with Crippen molar-refractivity contribution in [3.05, 3.63) is 90.8 Å². The zero-order valence-electron chi connectivity index (χ0n) is 18.6. The van der Waals surface area contributed by atoms with Crippen LogP contribution >= 0.6 is 0 Å². The second-order valence-corrected chi connectivity index (χ2v) is 8.36. The second-order valence-electron chi connectivity index (χ2n) is 8.36. The lowest BCUT2D eigenvalue weighted by Crippen LogP contribution is -2.43. The first-order chi connectivity index (χ1) is 16.7. The topological polar surface area (TPSA) is 75.9 Å². The van der Waals surface area contributed by atoms with Gasteiger partial charge in [-0.2, -0.15) is 5.10 Å². The number of para-hydroxylation sites is 1. The van der Waals surface area contributed by atoms with E-state index in [0.29, 0.717) is 18.8 Å². The first kappa shape index (κ1) is 21.8. The molecular weight excluding hydrogens is 431 g/mol. The number of halogens is 1. The summed E-state index contributed by atoms with van der Waals surface area (Å²) in [6.45, 7) is 1.81. The average molecular weight is 457 g/mol. The molecule has 0 saturated carbocycles. The summed E-state index contributed by atoms with van der Waals surface area (Å²) in [6, 6.07) is 16.0. The standard InChI is InChI=1S/C26H25FN6O/c27-22-10-8-19(9-11-22)25-21(18-33(31-25)23-6-2-1-3-7-23)15-30-26(34)20-5-4-14-32(17-20)24-16-28-12-13-29-24/h1-3,6-13,16,18,20H,4-5,14-15,17H2,(H,30,34)/t20-/m1/s1. The Labute approximate surface area is 197 Å². The van der Waals surface area contributed by atoms with Gasteiger partial charge in [-0.3, -0.25) is 9.78 Å². The molecular formula is C26H25FN6O. The van der Waals surface area contributed by atoms with Crippen LogP contribution in [0.3, 0.4) is 0 Å². The van der Waals surface area contributed by atoms with Gasteiger partial charge in [-0.05, 0) is 49.2 Å². The summed E-state index contributed by atoms with van der Waals surface area (Å²) in [6.07, 6.45) is 8.71. The van der Waals surface area contributed by atoms with Crippen LogP contribution in [0.2, 0.25) is 0 Å². The van der Waals surface area contributed by atoms with Gasteiger partial charge in [-0.15, -0.1) is 0 Å². The van der Waals surface area contributed by atoms with E-state index in [-0.39, 0.29) is 17.6 Å². The maximum Gasteiger partial charge on any atom is 0.225 e. The Morgan fingerprint density at radius 3 is 2.68 bits per heavy atom. The van der Waals surface area contributed by atoms with Crippen LogP contribution in [-0.2, 0) is 11.3 Å². The first-order valence-corrected chi connectivity index (χ1v) is 11.4. The molecule has 7 nitrogen and oxygen atoms in total. The SMILES string of the molecule is O=C(NCc1cn(-c2ccccc2)nc1-c1ccc(F)cc1)[C@@H]1CCCN(c2cnccn2)C1. The number of rotatable bonds is 6. The van der Waals surface area contributed by atoms with E-state index in [2.05, 4.69) is 20.2 Å². The maximum atomic E-state index is 13.5. The van der Waals surface area contributed by atoms with Crippen LogP contribution in [0, 0.1) is 11.7 Å². The van der Waals surface area contributed by atoms with Gasteiger partial charge in [0.15, 0.2) is 0 Å². The molecule has 3 heterocycles. The second kappa shape index (κ2) is 9.82. The molecule has 4 aromatic rings. The Morgan fingerprint density at radius 2 is 1.91 bits per heavy atom. The molecule has 34 heavy (non-hydrogen) atoms. The highest BCUT2D eigenvalue weighted by Crippen LogP contribution is 2.25. The molecule has 1 N–H and O–H groups in total. The van der Waals surface area contributed by atoms with Gasteiger partial charge in [0.1, 0.15) is 11.6 Å². The summed E-state index contributed by atoms with van der Waals surface area (Å²) in [5.41, 5.74) is 3.29. The minimum atomic E-state index is -0.300. The highest BCUT2D eigenvalue weighted by molar-refractivity contribution is 5.80. The molecule has 1 aliphatic heterocycles. The fourth-order valence-electron chi connectivity index (χ4n) is 4.28. The van der Waals surface area contributed by atoms with Crippen LogP contribution in [-0.4, -0.2) is 38.7 Å². The van der Waals surface area contributed by atoms with Crippen molar-refractivity contribution in [1.29, 1.82) is 0 Å². The zero-order chi connectivity index (χ0) is 23.3. The number of nitrogens with one attached hydrogen (secondary N) is 1. The smallest absolute Gasteiger partial charge is 0.225 e. The molecule has 2 aromatic heterocycles. The van der Waals surface area contributed by atoms with Gasteiger partial charge in [0.25, 0.3) is 0 Å². The Morgan fingerprint density at radius 1 is 1.09 bits per heavy atom. The number of carbonyl (C=O) groups is 1. The van der Waals surface area contributed by atoms with E-state index in [4.69, 9.17) is 5.10 Å². The number of aromatic nitrogens is 4. The lowest BCUT2D eigenvalue weighted by atomic mass is 9.97. The molecule has 1 saturated heterocycles. The number of benzene rings is 2. The molecule has 2 aromatic carbocycles. The maximum absolute atomic E-state index is 13.5. The Balaban J connectivity index is 1.33. The lowest BCUT2D eigenvalue weighted by Gasteiger charge is -2.32. The third-order valence-electron chi connectivity index (χ3n) is 6.05. The van der Waals surface area contributed by atoms with Gasteiger partial charge in [0.2, 0.25) is 5.91 Å². The monoisotopic (exact) mass is 456 g/mol. The van der Waals surface area contributed by atoms with Crippen LogP contribution in [0.4, 0.5) is 10.2 Å². The van der Waals surface area contributed by atoms with Crippen LogP contribution in [0.1, 0.15) is 18.4 Å². The molecule has 0 unspecified atom stereocenters. The van der Waals surface area contributed by atoms with Gasteiger partial charge < -0.3 is 10.2 Å². The molecule has 5 rings (SSSR count). The first-order valence-electron chi connectivity index (χ1n) is 11.4. The zero-order valence-corrected chi connectivity index (χ0v) is 18.6. The van der Waals surface area contributed by atoms with E-state index >= 15 is 0 Å². The van der Waals surface area contributed by atoms with Crippen molar-refractivity contribution in [2.45, 2.75) is 19.4 Å². The van der Waals surface area contributed by atoms with E-state index in [9.17, 15) is 9.18 Å². The summed E-state index contributed by atoms with van der Waals surface area (Å²) in [5, 5.41) is 7.84. The Kier molecular flexibility index (Phi) is 6.29. The van der Waals surface area contributed by atoms with Crippen molar-refractivity contribution in [3.63, 3.8) is 0 Å². The minimum Gasteiger partial charge on any atom is -0.355 e. The molecule has 0 bridgehead atoms. The normalized spacial score (nSPS) is 15.8. The number of hydrogen-bond acceptors (Lipinski definition) is 5. The molecule has 8 heteroatoms. The van der Waals surface area contributed by atoms with Crippen molar-refractivity contribution in [2.75, 3.05) is 18.0 Å². The summed E-state index contributed by atoms with van der Waals surface area (Å²) in [4.78, 5) is 23.7. The van der Waals surface area contributed by atoms with Gasteiger partial charge in [-0.25, -0.2) is 14.1 Å². The summed E-state index contributed by atoms with van der Waals surface area (Å²) in [7, 11) is 0. The van der Waals surface area contributed by atoms with Gasteiger partial charge in [-0.1, -0.05) is 18.2 Å². The Hall–Kier alpha value is -4.07. The highest BCUT2D eigenvalue weighted by atomic mass is 19.1. The van der Waals surface area contributed by atoms with E-state index in [1.165, 1.54) is 12.1 Å². The van der Waals surface area contributed by atoms with E-state index < -0.39 is 0 Å². The van der Waals surface area contributed by atoms with Crippen molar-refractivity contribution >= 4 is 11.7 Å². The molecule has 172 valence electrons.